The number of nitrogens with one attached hydrogen (secondary N) is 1. The molecular formula is C25H31N7O. The molecule has 0 saturated carbocycles. The van der Waals surface area contributed by atoms with Crippen LogP contribution in [0.25, 0.3) is 22.2 Å². The van der Waals surface area contributed by atoms with Crippen LogP contribution in [0.4, 0.5) is 22.9 Å². The number of aryl methyl sites for hydroxylation is 1. The Hall–Kier alpha value is -3.78. The smallest absolute Gasteiger partial charge is 0.144 e. The number of nitrogens with zero attached hydrogens (tertiary/aromatic N) is 5. The van der Waals surface area contributed by atoms with Crippen LogP contribution >= 0.6 is 0 Å². The zero-order chi connectivity index (χ0) is 23.5. The van der Waals surface area contributed by atoms with Gasteiger partial charge in [0.05, 0.1) is 24.2 Å². The summed E-state index contributed by atoms with van der Waals surface area (Å²) in [5.74, 6) is 1.41. The number of rotatable bonds is 8. The lowest BCUT2D eigenvalue weighted by atomic mass is 10.1. The lowest BCUT2D eigenvalue weighted by Crippen LogP contribution is -2.29. The van der Waals surface area contributed by atoms with Gasteiger partial charge < -0.3 is 30.2 Å². The molecule has 33 heavy (non-hydrogen) atoms. The number of likely N-dealkylation sites (N-methyl/N-ethyl adjacent to an activating group) is 2. The molecule has 3 N–H and O–H groups in total. The Morgan fingerprint density at radius 1 is 1.06 bits per heavy atom. The van der Waals surface area contributed by atoms with Crippen LogP contribution < -0.4 is 20.7 Å². The van der Waals surface area contributed by atoms with Gasteiger partial charge in [-0.05, 0) is 50.0 Å². The van der Waals surface area contributed by atoms with E-state index >= 15 is 0 Å². The maximum absolute atomic E-state index is 6.41. The monoisotopic (exact) mass is 445 g/mol. The molecule has 0 atom stereocenters. The summed E-state index contributed by atoms with van der Waals surface area (Å²) >= 11 is 0. The standard InChI is InChI=1S/C25H31N7O/c1-30(2)11-12-31(3)22-15-23(33-5)21(14-20(22)26)29-24-13-17(8-10-27-24)19-16-32(4)25-18(19)7-6-9-28-25/h6-10,13-16H,11-12,26H2,1-5H3,(H,27,29). The number of pyridine rings is 2. The van der Waals surface area contributed by atoms with Crippen LogP contribution in [0, 0.1) is 0 Å². The van der Waals surface area contributed by atoms with E-state index in [2.05, 4.69) is 51.4 Å². The van der Waals surface area contributed by atoms with E-state index in [-0.39, 0.29) is 0 Å². The average molecular weight is 446 g/mol. The molecule has 0 aliphatic rings. The molecule has 0 aliphatic carbocycles. The van der Waals surface area contributed by atoms with E-state index in [1.165, 1.54) is 0 Å². The van der Waals surface area contributed by atoms with Gasteiger partial charge >= 0.3 is 0 Å². The van der Waals surface area contributed by atoms with Crippen molar-refractivity contribution in [3.05, 3.63) is 55.0 Å². The summed E-state index contributed by atoms with van der Waals surface area (Å²) in [7, 11) is 9.81. The van der Waals surface area contributed by atoms with Crippen molar-refractivity contribution in [2.45, 2.75) is 0 Å². The highest BCUT2D eigenvalue weighted by atomic mass is 16.5. The molecule has 0 aliphatic heterocycles. The fourth-order valence-electron chi connectivity index (χ4n) is 3.90. The molecule has 0 spiro atoms. The molecule has 8 heteroatoms. The fraction of sp³-hybridized carbons (Fsp3) is 0.280. The molecule has 4 aromatic rings. The van der Waals surface area contributed by atoms with Crippen molar-refractivity contribution in [3.63, 3.8) is 0 Å². The summed E-state index contributed by atoms with van der Waals surface area (Å²) in [6.45, 7) is 1.79. The van der Waals surface area contributed by atoms with Gasteiger partial charge in [-0.3, -0.25) is 0 Å². The van der Waals surface area contributed by atoms with E-state index in [0.717, 1.165) is 46.6 Å². The third kappa shape index (κ3) is 4.70. The third-order valence-electron chi connectivity index (χ3n) is 5.71. The SMILES string of the molecule is COc1cc(N(C)CCN(C)C)c(N)cc1Nc1cc(-c2cn(C)c3ncccc23)ccn1. The number of anilines is 4. The molecule has 0 radical (unpaired) electrons. The maximum atomic E-state index is 6.41. The summed E-state index contributed by atoms with van der Waals surface area (Å²) in [5.41, 5.74) is 11.9. The van der Waals surface area contributed by atoms with Crippen LogP contribution in [0.15, 0.2) is 55.0 Å². The molecule has 8 nitrogen and oxygen atoms in total. The predicted molar refractivity (Wildman–Crippen MR) is 136 cm³/mol. The van der Waals surface area contributed by atoms with E-state index in [9.17, 15) is 0 Å². The highest BCUT2D eigenvalue weighted by molar-refractivity contribution is 5.94. The number of aromatic nitrogens is 3. The number of nitrogen functional groups attached to an aromatic ring is 1. The average Bonchev–Trinajstić information content (AvgIpc) is 3.14. The normalized spacial score (nSPS) is 11.2. The quantitative estimate of drug-likeness (QED) is 0.397. The van der Waals surface area contributed by atoms with Crippen molar-refractivity contribution in [2.24, 2.45) is 7.05 Å². The molecule has 0 bridgehead atoms. The molecule has 0 amide bonds. The van der Waals surface area contributed by atoms with Crippen molar-refractivity contribution in [1.82, 2.24) is 19.4 Å². The first kappa shape index (κ1) is 22.4. The van der Waals surface area contributed by atoms with Gasteiger partial charge in [0.15, 0.2) is 0 Å². The molecule has 1 aromatic carbocycles. The molecule has 0 fully saturated rings. The van der Waals surface area contributed by atoms with E-state index in [0.29, 0.717) is 17.3 Å². The lowest BCUT2D eigenvalue weighted by molar-refractivity contribution is 0.413. The first-order valence-electron chi connectivity index (χ1n) is 10.8. The topological polar surface area (TPSA) is 84.5 Å². The number of benzene rings is 1. The zero-order valence-electron chi connectivity index (χ0n) is 19.8. The predicted octanol–water partition coefficient (Wildman–Crippen LogP) is 3.97. The summed E-state index contributed by atoms with van der Waals surface area (Å²) in [6, 6.07) is 11.9. The van der Waals surface area contributed by atoms with Crippen molar-refractivity contribution in [2.75, 3.05) is 57.3 Å². The second kappa shape index (κ2) is 9.38. The molecule has 3 aromatic heterocycles. The second-order valence-corrected chi connectivity index (χ2v) is 8.42. The van der Waals surface area contributed by atoms with Gasteiger partial charge in [0.25, 0.3) is 0 Å². The lowest BCUT2D eigenvalue weighted by Gasteiger charge is -2.24. The summed E-state index contributed by atoms with van der Waals surface area (Å²) < 4.78 is 7.71. The fourth-order valence-corrected chi connectivity index (χ4v) is 3.90. The van der Waals surface area contributed by atoms with Gasteiger partial charge in [0, 0.05) is 62.8 Å². The minimum atomic E-state index is 0.677. The highest BCUT2D eigenvalue weighted by Gasteiger charge is 2.14. The van der Waals surface area contributed by atoms with Crippen molar-refractivity contribution in [3.8, 4) is 16.9 Å². The minimum absolute atomic E-state index is 0.677. The van der Waals surface area contributed by atoms with E-state index in [4.69, 9.17) is 10.5 Å². The Morgan fingerprint density at radius 2 is 1.88 bits per heavy atom. The van der Waals surface area contributed by atoms with Gasteiger partial charge in [-0.1, -0.05) is 0 Å². The summed E-state index contributed by atoms with van der Waals surface area (Å²) in [4.78, 5) is 13.3. The van der Waals surface area contributed by atoms with Crippen LogP contribution in [0.3, 0.4) is 0 Å². The van der Waals surface area contributed by atoms with Crippen LogP contribution in [0.1, 0.15) is 0 Å². The number of nitrogens with two attached hydrogens (primary N) is 1. The molecule has 0 saturated heterocycles. The zero-order valence-corrected chi connectivity index (χ0v) is 19.8. The Labute approximate surface area is 194 Å². The van der Waals surface area contributed by atoms with Crippen molar-refractivity contribution >= 4 is 33.9 Å². The third-order valence-corrected chi connectivity index (χ3v) is 5.71. The Balaban J connectivity index is 1.63. The van der Waals surface area contributed by atoms with E-state index < -0.39 is 0 Å². The number of hydrogen-bond acceptors (Lipinski definition) is 7. The number of ether oxygens (including phenoxy) is 1. The largest absolute Gasteiger partial charge is 0.494 e. The number of hydrogen-bond donors (Lipinski definition) is 2. The first-order chi connectivity index (χ1) is 15.9. The molecule has 172 valence electrons. The molecule has 0 unspecified atom stereocenters. The maximum Gasteiger partial charge on any atom is 0.144 e. The second-order valence-electron chi connectivity index (χ2n) is 8.42. The summed E-state index contributed by atoms with van der Waals surface area (Å²) in [6.07, 6.45) is 5.70. The van der Waals surface area contributed by atoms with Gasteiger partial charge in [-0.25, -0.2) is 9.97 Å². The molecule has 3 heterocycles. The van der Waals surface area contributed by atoms with Crippen LogP contribution in [0.5, 0.6) is 5.75 Å². The van der Waals surface area contributed by atoms with E-state index in [1.807, 2.05) is 55.2 Å². The van der Waals surface area contributed by atoms with Gasteiger partial charge in [-0.2, -0.15) is 0 Å². The molecule has 4 rings (SSSR count). The summed E-state index contributed by atoms with van der Waals surface area (Å²) in [5, 5.41) is 4.48. The van der Waals surface area contributed by atoms with Crippen LogP contribution in [-0.2, 0) is 7.05 Å². The van der Waals surface area contributed by atoms with Crippen molar-refractivity contribution < 1.29 is 4.74 Å². The van der Waals surface area contributed by atoms with Gasteiger partial charge in [0.1, 0.15) is 17.2 Å². The minimum Gasteiger partial charge on any atom is -0.494 e. The number of fused-ring (bicyclic) bond motifs is 1. The first-order valence-corrected chi connectivity index (χ1v) is 10.8. The van der Waals surface area contributed by atoms with E-state index in [1.54, 1.807) is 13.3 Å². The van der Waals surface area contributed by atoms with Crippen LogP contribution in [0.2, 0.25) is 0 Å². The van der Waals surface area contributed by atoms with Gasteiger partial charge in [0.2, 0.25) is 0 Å². The highest BCUT2D eigenvalue weighted by Crippen LogP contribution is 2.37. The van der Waals surface area contributed by atoms with Gasteiger partial charge in [-0.15, -0.1) is 0 Å². The Kier molecular flexibility index (Phi) is 6.37. The van der Waals surface area contributed by atoms with Crippen molar-refractivity contribution in [1.29, 1.82) is 0 Å². The Bertz CT molecular complexity index is 1270. The molecular weight excluding hydrogens is 414 g/mol. The number of methoxy groups -OCH3 is 1. The Morgan fingerprint density at radius 3 is 2.64 bits per heavy atom. The van der Waals surface area contributed by atoms with Crippen LogP contribution in [-0.4, -0.2) is 60.8 Å².